The molecule has 0 aromatic carbocycles. The molecule has 0 aliphatic heterocycles. The third-order valence-electron chi connectivity index (χ3n) is 1.65. The van der Waals surface area contributed by atoms with E-state index in [9.17, 15) is 5.11 Å². The first-order chi connectivity index (χ1) is 4.72. The summed E-state index contributed by atoms with van der Waals surface area (Å²) < 4.78 is 0. The molecule has 0 heterocycles. The lowest BCUT2D eigenvalue weighted by Crippen LogP contribution is -2.34. The zero-order valence-electron chi connectivity index (χ0n) is 6.59. The molecule has 0 saturated carbocycles. The van der Waals surface area contributed by atoms with E-state index in [1.165, 1.54) is 0 Å². The van der Waals surface area contributed by atoms with E-state index in [2.05, 4.69) is 0 Å². The molecule has 62 valence electrons. The van der Waals surface area contributed by atoms with Crippen molar-refractivity contribution in [1.82, 2.24) is 0 Å². The maximum Gasteiger partial charge on any atom is 0.0688 e. The summed E-state index contributed by atoms with van der Waals surface area (Å²) in [5, 5.41) is 9.19. The molecule has 0 rings (SSSR count). The van der Waals surface area contributed by atoms with Crippen LogP contribution >= 0.6 is 0 Å². The van der Waals surface area contributed by atoms with Gasteiger partial charge in [-0.1, -0.05) is 6.92 Å². The maximum absolute atomic E-state index is 9.19. The Balaban J connectivity index is 3.31. The molecule has 2 atom stereocenters. The Morgan fingerprint density at radius 2 is 2.10 bits per heavy atom. The minimum Gasteiger partial charge on any atom is -0.392 e. The van der Waals surface area contributed by atoms with E-state index in [1.807, 2.05) is 6.92 Å². The fraction of sp³-hybridized carbons (Fsp3) is 1.00. The summed E-state index contributed by atoms with van der Waals surface area (Å²) in [5.41, 5.74) is 10.9. The average Bonchev–Trinajstić information content (AvgIpc) is 1.98. The Hall–Kier alpha value is -0.120. The zero-order valence-corrected chi connectivity index (χ0v) is 6.59. The van der Waals surface area contributed by atoms with Crippen LogP contribution in [0.3, 0.4) is 0 Å². The number of nitrogens with two attached hydrogens (primary N) is 2. The van der Waals surface area contributed by atoms with Crippen molar-refractivity contribution >= 4 is 0 Å². The van der Waals surface area contributed by atoms with E-state index >= 15 is 0 Å². The van der Waals surface area contributed by atoms with E-state index < -0.39 is 0 Å². The average molecular weight is 146 g/mol. The summed E-state index contributed by atoms with van der Waals surface area (Å²) in [6.07, 6.45) is 2.10. The smallest absolute Gasteiger partial charge is 0.0688 e. The van der Waals surface area contributed by atoms with Gasteiger partial charge in [0.1, 0.15) is 0 Å². The van der Waals surface area contributed by atoms with Crippen LogP contribution in [0.1, 0.15) is 26.2 Å². The van der Waals surface area contributed by atoms with Gasteiger partial charge < -0.3 is 16.6 Å². The van der Waals surface area contributed by atoms with Crippen molar-refractivity contribution in [2.24, 2.45) is 11.5 Å². The van der Waals surface area contributed by atoms with Gasteiger partial charge in [0.15, 0.2) is 0 Å². The van der Waals surface area contributed by atoms with Crippen molar-refractivity contribution in [2.45, 2.75) is 38.3 Å². The monoisotopic (exact) mass is 146 g/mol. The molecule has 0 bridgehead atoms. The quantitative estimate of drug-likeness (QED) is 0.504. The number of aliphatic hydroxyl groups excluding tert-OH is 1. The summed E-state index contributed by atoms with van der Waals surface area (Å²) in [4.78, 5) is 0. The standard InChI is InChI=1S/C7H18N2O/c1-2-7(10)6(9)4-3-5-8/h6-7,10H,2-5,8-9H2,1H3. The maximum atomic E-state index is 9.19. The summed E-state index contributed by atoms with van der Waals surface area (Å²) in [6.45, 7) is 2.58. The predicted octanol–water partition coefficient (Wildman–Crippen LogP) is -0.176. The first kappa shape index (κ1) is 9.88. The molecule has 10 heavy (non-hydrogen) atoms. The minimum absolute atomic E-state index is 0.0893. The SMILES string of the molecule is CCC(O)C(N)CCCN. The lowest BCUT2D eigenvalue weighted by molar-refractivity contribution is 0.135. The van der Waals surface area contributed by atoms with Crippen molar-refractivity contribution < 1.29 is 5.11 Å². The summed E-state index contributed by atoms with van der Waals surface area (Å²) in [6, 6.07) is -0.0893. The fourth-order valence-corrected chi connectivity index (χ4v) is 0.849. The van der Waals surface area contributed by atoms with Gasteiger partial charge in [0.05, 0.1) is 6.10 Å². The summed E-state index contributed by atoms with van der Waals surface area (Å²) in [7, 11) is 0. The highest BCUT2D eigenvalue weighted by Crippen LogP contribution is 2.01. The lowest BCUT2D eigenvalue weighted by Gasteiger charge is -2.15. The Labute approximate surface area is 62.4 Å². The van der Waals surface area contributed by atoms with E-state index in [-0.39, 0.29) is 12.1 Å². The molecule has 3 nitrogen and oxygen atoms in total. The van der Waals surface area contributed by atoms with Gasteiger partial charge in [-0.3, -0.25) is 0 Å². The molecular weight excluding hydrogens is 128 g/mol. The predicted molar refractivity (Wildman–Crippen MR) is 42.6 cm³/mol. The van der Waals surface area contributed by atoms with Gasteiger partial charge in [-0.25, -0.2) is 0 Å². The van der Waals surface area contributed by atoms with Gasteiger partial charge in [-0.05, 0) is 25.8 Å². The number of aliphatic hydroxyl groups is 1. The molecule has 0 aromatic heterocycles. The van der Waals surface area contributed by atoms with Crippen LogP contribution in [0.25, 0.3) is 0 Å². The molecule has 0 aliphatic rings. The van der Waals surface area contributed by atoms with Gasteiger partial charge >= 0.3 is 0 Å². The normalized spacial score (nSPS) is 16.8. The number of hydrogen-bond acceptors (Lipinski definition) is 3. The Bertz CT molecular complexity index is 78.0. The topological polar surface area (TPSA) is 72.3 Å². The van der Waals surface area contributed by atoms with Crippen LogP contribution in [0.5, 0.6) is 0 Å². The van der Waals surface area contributed by atoms with Crippen molar-refractivity contribution in [3.63, 3.8) is 0 Å². The lowest BCUT2D eigenvalue weighted by atomic mass is 10.0. The van der Waals surface area contributed by atoms with E-state index in [1.54, 1.807) is 0 Å². The van der Waals surface area contributed by atoms with Crippen LogP contribution in [0, 0.1) is 0 Å². The molecule has 3 heteroatoms. The first-order valence-electron chi connectivity index (χ1n) is 3.86. The molecule has 0 saturated heterocycles. The molecule has 0 radical (unpaired) electrons. The number of rotatable bonds is 5. The van der Waals surface area contributed by atoms with Crippen molar-refractivity contribution in [3.05, 3.63) is 0 Å². The van der Waals surface area contributed by atoms with Crippen LogP contribution in [-0.2, 0) is 0 Å². The second-order valence-corrected chi connectivity index (χ2v) is 2.57. The van der Waals surface area contributed by atoms with Crippen LogP contribution in [0.15, 0.2) is 0 Å². The molecule has 0 amide bonds. The van der Waals surface area contributed by atoms with Crippen LogP contribution in [-0.4, -0.2) is 23.8 Å². The van der Waals surface area contributed by atoms with Gasteiger partial charge in [-0.15, -0.1) is 0 Å². The van der Waals surface area contributed by atoms with Crippen LogP contribution in [0.4, 0.5) is 0 Å². The molecule has 0 aliphatic carbocycles. The molecule has 0 aromatic rings. The highest BCUT2D eigenvalue weighted by molar-refractivity contribution is 4.69. The van der Waals surface area contributed by atoms with Gasteiger partial charge in [0.2, 0.25) is 0 Å². The molecule has 0 spiro atoms. The molecule has 2 unspecified atom stereocenters. The summed E-state index contributed by atoms with van der Waals surface area (Å²) >= 11 is 0. The Kier molecular flexibility index (Phi) is 5.58. The first-order valence-corrected chi connectivity index (χ1v) is 3.86. The minimum atomic E-state index is -0.355. The molecule has 5 N–H and O–H groups in total. The largest absolute Gasteiger partial charge is 0.392 e. The third-order valence-corrected chi connectivity index (χ3v) is 1.65. The highest BCUT2D eigenvalue weighted by atomic mass is 16.3. The van der Waals surface area contributed by atoms with Gasteiger partial charge in [0.25, 0.3) is 0 Å². The van der Waals surface area contributed by atoms with Crippen LogP contribution in [0.2, 0.25) is 0 Å². The molecular formula is C7H18N2O. The van der Waals surface area contributed by atoms with E-state index in [0.717, 1.165) is 19.3 Å². The van der Waals surface area contributed by atoms with E-state index in [4.69, 9.17) is 11.5 Å². The van der Waals surface area contributed by atoms with Gasteiger partial charge in [0, 0.05) is 6.04 Å². The van der Waals surface area contributed by atoms with Gasteiger partial charge in [-0.2, -0.15) is 0 Å². The highest BCUT2D eigenvalue weighted by Gasteiger charge is 2.10. The molecule has 0 fully saturated rings. The zero-order chi connectivity index (χ0) is 7.98. The van der Waals surface area contributed by atoms with Crippen molar-refractivity contribution in [3.8, 4) is 0 Å². The fourth-order valence-electron chi connectivity index (χ4n) is 0.849. The summed E-state index contributed by atoms with van der Waals surface area (Å²) in [5.74, 6) is 0. The third kappa shape index (κ3) is 3.82. The van der Waals surface area contributed by atoms with Crippen molar-refractivity contribution in [1.29, 1.82) is 0 Å². The number of hydrogen-bond donors (Lipinski definition) is 3. The van der Waals surface area contributed by atoms with Crippen LogP contribution < -0.4 is 11.5 Å². The Morgan fingerprint density at radius 3 is 2.50 bits per heavy atom. The second kappa shape index (κ2) is 5.65. The second-order valence-electron chi connectivity index (χ2n) is 2.57. The van der Waals surface area contributed by atoms with E-state index in [0.29, 0.717) is 6.54 Å². The Morgan fingerprint density at radius 1 is 1.50 bits per heavy atom. The van der Waals surface area contributed by atoms with Crippen molar-refractivity contribution in [2.75, 3.05) is 6.54 Å².